The number of sulfonamides is 1. The van der Waals surface area contributed by atoms with Gasteiger partial charge >= 0.3 is 5.97 Å². The van der Waals surface area contributed by atoms with Crippen LogP contribution < -0.4 is 0 Å². The zero-order valence-corrected chi connectivity index (χ0v) is 10.6. The van der Waals surface area contributed by atoms with Crippen molar-refractivity contribution < 1.29 is 18.3 Å². The molecule has 0 aromatic heterocycles. The average molecular weight is 250 g/mol. The van der Waals surface area contributed by atoms with E-state index in [-0.39, 0.29) is 12.5 Å². The van der Waals surface area contributed by atoms with Gasteiger partial charge in [0.2, 0.25) is 10.0 Å². The van der Waals surface area contributed by atoms with Crippen molar-refractivity contribution >= 4 is 16.0 Å². The summed E-state index contributed by atoms with van der Waals surface area (Å²) in [5, 5.41) is 8.78. The summed E-state index contributed by atoms with van der Waals surface area (Å²) in [4.78, 5) is 12.7. The molecule has 0 unspecified atom stereocenters. The number of carbonyl (C=O) groups is 1. The van der Waals surface area contributed by atoms with Crippen LogP contribution in [0.4, 0.5) is 0 Å². The van der Waals surface area contributed by atoms with Crippen LogP contribution in [0.25, 0.3) is 0 Å². The van der Waals surface area contributed by atoms with Gasteiger partial charge in [-0.2, -0.15) is 4.31 Å². The number of likely N-dealkylation sites (N-methyl/N-ethyl adjacent to an activating group) is 1. The van der Waals surface area contributed by atoms with E-state index in [2.05, 4.69) is 0 Å². The van der Waals surface area contributed by atoms with Gasteiger partial charge in [0.25, 0.3) is 0 Å². The lowest BCUT2D eigenvalue weighted by Crippen LogP contribution is -2.58. The summed E-state index contributed by atoms with van der Waals surface area (Å²) in [6, 6.07) is -0.653. The highest BCUT2D eigenvalue weighted by atomic mass is 32.2. The Morgan fingerprint density at radius 2 is 2.00 bits per heavy atom. The normalized spacial score (nSPS) is 29.2. The summed E-state index contributed by atoms with van der Waals surface area (Å²) in [7, 11) is -1.48. The summed E-state index contributed by atoms with van der Waals surface area (Å²) in [5.74, 6) is -0.971. The van der Waals surface area contributed by atoms with Gasteiger partial charge in [0.15, 0.2) is 0 Å². The molecule has 1 aliphatic rings. The molecule has 16 heavy (non-hydrogen) atoms. The van der Waals surface area contributed by atoms with Gasteiger partial charge in [0.1, 0.15) is 0 Å². The van der Waals surface area contributed by atoms with Gasteiger partial charge in [-0.15, -0.1) is 0 Å². The lowest BCUT2D eigenvalue weighted by molar-refractivity contribution is -0.138. The maximum atomic E-state index is 11.6. The van der Waals surface area contributed by atoms with Gasteiger partial charge in [-0.25, -0.2) is 8.42 Å². The van der Waals surface area contributed by atoms with Crippen molar-refractivity contribution in [3.8, 4) is 0 Å². The molecule has 0 aliphatic carbocycles. The predicted molar refractivity (Wildman–Crippen MR) is 59.7 cm³/mol. The number of aliphatic carboxylic acids is 1. The Hall–Kier alpha value is -0.660. The predicted octanol–water partition coefficient (Wildman–Crippen LogP) is -0.575. The van der Waals surface area contributed by atoms with Crippen LogP contribution in [0.5, 0.6) is 0 Å². The first kappa shape index (κ1) is 13.4. The van der Waals surface area contributed by atoms with E-state index in [1.54, 1.807) is 6.92 Å². The molecule has 94 valence electrons. The summed E-state index contributed by atoms with van der Waals surface area (Å²) in [6.07, 6.45) is 0.978. The topological polar surface area (TPSA) is 77.9 Å². The molecule has 2 atom stereocenters. The first-order valence-corrected chi connectivity index (χ1v) is 6.95. The zero-order chi connectivity index (χ0) is 12.5. The van der Waals surface area contributed by atoms with Gasteiger partial charge in [-0.3, -0.25) is 4.79 Å². The number of hydrogen-bond acceptors (Lipinski definition) is 4. The Bertz CT molecular complexity index is 368. The number of piperazine rings is 1. The van der Waals surface area contributed by atoms with Crippen LogP contribution in [0.2, 0.25) is 0 Å². The Morgan fingerprint density at radius 1 is 1.44 bits per heavy atom. The standard InChI is InChI=1S/C9H18N2O4S/c1-7-5-10(2)6-8(4-9(12)13)11(7)16(3,14)15/h7-8H,4-6H2,1-3H3,(H,12,13)/t7-,8-/m0/s1. The second-order valence-corrected chi connectivity index (χ2v) is 6.30. The maximum absolute atomic E-state index is 11.6. The first-order chi connectivity index (χ1) is 7.21. The van der Waals surface area contributed by atoms with Crippen LogP contribution in [-0.2, 0) is 14.8 Å². The van der Waals surface area contributed by atoms with Crippen LogP contribution in [0.1, 0.15) is 13.3 Å². The van der Waals surface area contributed by atoms with Crippen LogP contribution in [0, 0.1) is 0 Å². The molecule has 1 N–H and O–H groups in total. The molecule has 1 fully saturated rings. The van der Waals surface area contributed by atoms with Crippen molar-refractivity contribution in [3.63, 3.8) is 0 Å². The van der Waals surface area contributed by atoms with Gasteiger partial charge in [-0.05, 0) is 14.0 Å². The van der Waals surface area contributed by atoms with Crippen molar-refractivity contribution in [3.05, 3.63) is 0 Å². The molecule has 1 rings (SSSR count). The molecule has 0 radical (unpaired) electrons. The smallest absolute Gasteiger partial charge is 0.305 e. The van der Waals surface area contributed by atoms with Crippen molar-refractivity contribution in [2.24, 2.45) is 0 Å². The van der Waals surface area contributed by atoms with E-state index in [0.29, 0.717) is 13.1 Å². The van der Waals surface area contributed by atoms with E-state index < -0.39 is 22.0 Å². The minimum atomic E-state index is -3.35. The van der Waals surface area contributed by atoms with Crippen molar-refractivity contribution in [1.29, 1.82) is 0 Å². The monoisotopic (exact) mass is 250 g/mol. The number of nitrogens with zero attached hydrogens (tertiary/aromatic N) is 2. The van der Waals surface area contributed by atoms with Gasteiger partial charge < -0.3 is 10.0 Å². The number of carboxylic acids is 1. The first-order valence-electron chi connectivity index (χ1n) is 5.10. The van der Waals surface area contributed by atoms with Gasteiger partial charge in [0, 0.05) is 25.2 Å². The fourth-order valence-corrected chi connectivity index (χ4v) is 3.76. The van der Waals surface area contributed by atoms with Crippen molar-refractivity contribution in [1.82, 2.24) is 9.21 Å². The second kappa shape index (κ2) is 4.68. The van der Waals surface area contributed by atoms with Gasteiger partial charge in [-0.1, -0.05) is 0 Å². The van der Waals surface area contributed by atoms with E-state index in [9.17, 15) is 13.2 Å². The molecule has 1 heterocycles. The van der Waals surface area contributed by atoms with E-state index in [0.717, 1.165) is 6.26 Å². The van der Waals surface area contributed by atoms with E-state index >= 15 is 0 Å². The summed E-state index contributed by atoms with van der Waals surface area (Å²) in [6.45, 7) is 2.89. The quantitative estimate of drug-likeness (QED) is 0.725. The Kier molecular flexibility index (Phi) is 3.92. The van der Waals surface area contributed by atoms with Crippen LogP contribution >= 0.6 is 0 Å². The minimum absolute atomic E-state index is 0.151. The Labute approximate surface area is 95.9 Å². The van der Waals surface area contributed by atoms with E-state index in [4.69, 9.17) is 5.11 Å². The van der Waals surface area contributed by atoms with Gasteiger partial charge in [0.05, 0.1) is 12.7 Å². The highest BCUT2D eigenvalue weighted by Gasteiger charge is 2.37. The lowest BCUT2D eigenvalue weighted by Gasteiger charge is -2.42. The molecule has 0 aromatic rings. The molecule has 7 heteroatoms. The Balaban J connectivity index is 2.94. The minimum Gasteiger partial charge on any atom is -0.481 e. The molecule has 6 nitrogen and oxygen atoms in total. The lowest BCUT2D eigenvalue weighted by atomic mass is 10.1. The zero-order valence-electron chi connectivity index (χ0n) is 9.75. The average Bonchev–Trinajstić information content (AvgIpc) is 1.96. The molecular formula is C9H18N2O4S. The molecule has 0 saturated carbocycles. The largest absolute Gasteiger partial charge is 0.481 e. The molecule has 0 aromatic carbocycles. The summed E-state index contributed by atoms with van der Waals surface area (Å²) < 4.78 is 24.5. The van der Waals surface area contributed by atoms with Crippen LogP contribution in [-0.4, -0.2) is 67.2 Å². The molecule has 1 aliphatic heterocycles. The SMILES string of the molecule is C[C@H]1CN(C)C[C@H](CC(=O)O)N1S(C)(=O)=O. The number of hydrogen-bond donors (Lipinski definition) is 1. The number of carboxylic acid groups (broad SMARTS) is 1. The molecule has 0 bridgehead atoms. The fraction of sp³-hybridized carbons (Fsp3) is 0.889. The van der Waals surface area contributed by atoms with Crippen molar-refractivity contribution in [2.75, 3.05) is 26.4 Å². The highest BCUT2D eigenvalue weighted by Crippen LogP contribution is 2.20. The van der Waals surface area contributed by atoms with E-state index in [1.165, 1.54) is 4.31 Å². The Morgan fingerprint density at radius 3 is 2.44 bits per heavy atom. The molecule has 1 saturated heterocycles. The fourth-order valence-electron chi connectivity index (χ4n) is 2.36. The third kappa shape index (κ3) is 3.16. The number of rotatable bonds is 3. The molecule has 0 spiro atoms. The third-order valence-electron chi connectivity index (χ3n) is 2.69. The third-order valence-corrected chi connectivity index (χ3v) is 4.11. The highest BCUT2D eigenvalue weighted by molar-refractivity contribution is 7.88. The van der Waals surface area contributed by atoms with Crippen LogP contribution in [0.15, 0.2) is 0 Å². The van der Waals surface area contributed by atoms with Crippen LogP contribution in [0.3, 0.4) is 0 Å². The van der Waals surface area contributed by atoms with E-state index in [1.807, 2.05) is 11.9 Å². The molecule has 0 amide bonds. The second-order valence-electron chi connectivity index (χ2n) is 4.41. The maximum Gasteiger partial charge on any atom is 0.305 e. The summed E-state index contributed by atoms with van der Waals surface area (Å²) in [5.41, 5.74) is 0. The van der Waals surface area contributed by atoms with Crippen molar-refractivity contribution in [2.45, 2.75) is 25.4 Å². The molecular weight excluding hydrogens is 232 g/mol. The summed E-state index contributed by atoms with van der Waals surface area (Å²) >= 11 is 0.